The molecule has 0 spiro atoms. The van der Waals surface area contributed by atoms with Gasteiger partial charge in [0, 0.05) is 12.6 Å². The molecule has 0 radical (unpaired) electrons. The molecule has 2 aromatic heterocycles. The Kier molecular flexibility index (Phi) is 3.45. The molecule has 0 fully saturated rings. The second kappa shape index (κ2) is 5.52. The average Bonchev–Trinajstić information content (AvgIpc) is 3.08. The predicted molar refractivity (Wildman–Crippen MR) is 90.8 cm³/mol. The number of nitrogens with one attached hydrogen (secondary N) is 1. The lowest BCUT2D eigenvalue weighted by molar-refractivity contribution is -0.0424. The van der Waals surface area contributed by atoms with Gasteiger partial charge in [-0.2, -0.15) is 0 Å². The Morgan fingerprint density at radius 1 is 1.12 bits per heavy atom. The Labute approximate surface area is 139 Å². The summed E-state index contributed by atoms with van der Waals surface area (Å²) in [6, 6.07) is 9.49. The first-order chi connectivity index (χ1) is 11.5. The van der Waals surface area contributed by atoms with Crippen molar-refractivity contribution in [1.82, 2.24) is 14.5 Å². The Morgan fingerprint density at radius 3 is 2.75 bits per heavy atom. The number of benzene rings is 2. The SMILES string of the molecule is Cn1c(Nc2nc3ccc(F)cc3s2)nc2cc(C(O)O)ccc21. The van der Waals surface area contributed by atoms with Gasteiger partial charge >= 0.3 is 0 Å². The van der Waals surface area contributed by atoms with Crippen LogP contribution in [0.2, 0.25) is 0 Å². The number of hydrogen-bond acceptors (Lipinski definition) is 6. The Morgan fingerprint density at radius 2 is 1.96 bits per heavy atom. The fraction of sp³-hybridized carbons (Fsp3) is 0.125. The molecule has 8 heteroatoms. The van der Waals surface area contributed by atoms with Crippen LogP contribution in [-0.2, 0) is 7.05 Å². The number of aliphatic hydroxyl groups excluding tert-OH is 1. The number of nitrogens with zero attached hydrogens (tertiary/aromatic N) is 3. The number of thiazole rings is 1. The number of rotatable bonds is 3. The van der Waals surface area contributed by atoms with Gasteiger partial charge in [0.05, 0.1) is 21.3 Å². The molecule has 0 unspecified atom stereocenters. The third kappa shape index (κ3) is 2.50. The molecule has 0 amide bonds. The number of aromatic nitrogens is 3. The van der Waals surface area contributed by atoms with Gasteiger partial charge in [-0.1, -0.05) is 17.4 Å². The molecule has 3 N–H and O–H groups in total. The average molecular weight is 344 g/mol. The smallest absolute Gasteiger partial charge is 0.209 e. The summed E-state index contributed by atoms with van der Waals surface area (Å²) in [4.78, 5) is 8.87. The van der Waals surface area contributed by atoms with E-state index >= 15 is 0 Å². The third-order valence-corrected chi connectivity index (χ3v) is 4.71. The van der Waals surface area contributed by atoms with E-state index in [2.05, 4.69) is 15.3 Å². The maximum absolute atomic E-state index is 13.3. The number of fused-ring (bicyclic) bond motifs is 2. The zero-order valence-electron chi connectivity index (χ0n) is 12.6. The number of imidazole rings is 1. The third-order valence-electron chi connectivity index (χ3n) is 3.77. The minimum atomic E-state index is -1.54. The van der Waals surface area contributed by atoms with Crippen molar-refractivity contribution in [3.63, 3.8) is 0 Å². The van der Waals surface area contributed by atoms with Crippen LogP contribution in [0, 0.1) is 5.82 Å². The lowest BCUT2D eigenvalue weighted by Crippen LogP contribution is -1.98. The van der Waals surface area contributed by atoms with Crippen LogP contribution in [0.4, 0.5) is 15.5 Å². The summed E-state index contributed by atoms with van der Waals surface area (Å²) in [5.41, 5.74) is 2.57. The van der Waals surface area contributed by atoms with Gasteiger partial charge in [0.25, 0.3) is 0 Å². The molecule has 0 aliphatic rings. The van der Waals surface area contributed by atoms with Crippen LogP contribution in [0.1, 0.15) is 11.9 Å². The van der Waals surface area contributed by atoms with Crippen molar-refractivity contribution in [2.45, 2.75) is 6.29 Å². The van der Waals surface area contributed by atoms with Gasteiger partial charge in [-0.25, -0.2) is 14.4 Å². The van der Waals surface area contributed by atoms with E-state index < -0.39 is 6.29 Å². The summed E-state index contributed by atoms with van der Waals surface area (Å²) in [5.74, 6) is 0.268. The summed E-state index contributed by atoms with van der Waals surface area (Å²) >= 11 is 1.34. The van der Waals surface area contributed by atoms with Crippen LogP contribution in [-0.4, -0.2) is 24.7 Å². The summed E-state index contributed by atoms with van der Waals surface area (Å²) in [6.45, 7) is 0. The normalized spacial score (nSPS) is 11.7. The Hall–Kier alpha value is -2.55. The summed E-state index contributed by atoms with van der Waals surface area (Å²) in [7, 11) is 1.85. The van der Waals surface area contributed by atoms with Crippen LogP contribution in [0.5, 0.6) is 0 Å². The van der Waals surface area contributed by atoms with E-state index in [1.165, 1.54) is 23.5 Å². The fourth-order valence-electron chi connectivity index (χ4n) is 2.54. The Bertz CT molecular complexity index is 1060. The van der Waals surface area contributed by atoms with Crippen molar-refractivity contribution < 1.29 is 14.6 Å². The largest absolute Gasteiger partial charge is 0.364 e. The minimum absolute atomic E-state index is 0.296. The van der Waals surface area contributed by atoms with Crippen molar-refractivity contribution in [1.29, 1.82) is 0 Å². The van der Waals surface area contributed by atoms with Gasteiger partial charge in [0.2, 0.25) is 5.95 Å². The van der Waals surface area contributed by atoms with Crippen molar-refractivity contribution in [3.05, 3.63) is 47.8 Å². The molecule has 0 saturated carbocycles. The molecule has 6 nitrogen and oxygen atoms in total. The molecule has 2 aromatic carbocycles. The molecule has 0 saturated heterocycles. The fourth-order valence-corrected chi connectivity index (χ4v) is 3.42. The lowest BCUT2D eigenvalue weighted by atomic mass is 10.2. The number of hydrogen-bond donors (Lipinski definition) is 3. The van der Waals surface area contributed by atoms with Gasteiger partial charge in [-0.3, -0.25) is 0 Å². The van der Waals surface area contributed by atoms with Crippen LogP contribution < -0.4 is 5.32 Å². The highest BCUT2D eigenvalue weighted by Crippen LogP contribution is 2.30. The van der Waals surface area contributed by atoms with Crippen molar-refractivity contribution in [2.75, 3.05) is 5.32 Å². The van der Waals surface area contributed by atoms with Crippen molar-refractivity contribution in [3.8, 4) is 0 Å². The molecule has 0 aliphatic carbocycles. The van der Waals surface area contributed by atoms with Crippen LogP contribution in [0.25, 0.3) is 21.3 Å². The summed E-state index contributed by atoms with van der Waals surface area (Å²) < 4.78 is 15.9. The number of aliphatic hydroxyl groups is 2. The van der Waals surface area contributed by atoms with E-state index in [1.807, 2.05) is 11.6 Å². The first-order valence-electron chi connectivity index (χ1n) is 7.17. The van der Waals surface area contributed by atoms with Crippen LogP contribution >= 0.6 is 11.3 Å². The summed E-state index contributed by atoms with van der Waals surface area (Å²) in [6.07, 6.45) is -1.54. The second-order valence-corrected chi connectivity index (χ2v) is 6.40. The molecule has 0 bridgehead atoms. The van der Waals surface area contributed by atoms with Crippen molar-refractivity contribution >= 4 is 43.7 Å². The predicted octanol–water partition coefficient (Wildman–Crippen LogP) is 3.05. The maximum atomic E-state index is 13.3. The van der Waals surface area contributed by atoms with E-state index in [0.717, 1.165) is 10.2 Å². The van der Waals surface area contributed by atoms with E-state index in [4.69, 9.17) is 0 Å². The van der Waals surface area contributed by atoms with E-state index in [-0.39, 0.29) is 5.82 Å². The highest BCUT2D eigenvalue weighted by molar-refractivity contribution is 7.22. The number of halogens is 1. The first-order valence-corrected chi connectivity index (χ1v) is 7.98. The topological polar surface area (TPSA) is 83.2 Å². The van der Waals surface area contributed by atoms with Gasteiger partial charge in [0.15, 0.2) is 11.4 Å². The molecule has 4 rings (SSSR count). The van der Waals surface area contributed by atoms with Gasteiger partial charge in [-0.15, -0.1) is 0 Å². The standard InChI is InChI=1S/C16H13FN4O2S/c1-21-12-5-2-8(14(22)23)6-11(12)18-15(21)20-16-19-10-4-3-9(17)7-13(10)24-16/h2-7,14,22-23H,1H3,(H,18,19,20). The molecule has 2 heterocycles. The molecule has 0 aliphatic heterocycles. The van der Waals surface area contributed by atoms with E-state index in [1.54, 1.807) is 24.3 Å². The van der Waals surface area contributed by atoms with Gasteiger partial charge in [-0.05, 0) is 30.3 Å². The minimum Gasteiger partial charge on any atom is -0.364 e. The van der Waals surface area contributed by atoms with Gasteiger partial charge in [0.1, 0.15) is 5.82 Å². The van der Waals surface area contributed by atoms with Crippen LogP contribution in [0.3, 0.4) is 0 Å². The molecule has 24 heavy (non-hydrogen) atoms. The number of aryl methyl sites for hydroxylation is 1. The molecule has 4 aromatic rings. The number of anilines is 2. The van der Waals surface area contributed by atoms with Crippen molar-refractivity contribution in [2.24, 2.45) is 7.05 Å². The zero-order valence-corrected chi connectivity index (χ0v) is 13.4. The van der Waals surface area contributed by atoms with E-state index in [0.29, 0.717) is 27.7 Å². The highest BCUT2D eigenvalue weighted by atomic mass is 32.1. The summed E-state index contributed by atoms with van der Waals surface area (Å²) in [5, 5.41) is 22.3. The van der Waals surface area contributed by atoms with Gasteiger partial charge < -0.3 is 20.1 Å². The maximum Gasteiger partial charge on any atom is 0.209 e. The Balaban J connectivity index is 1.73. The quantitative estimate of drug-likeness (QED) is 0.498. The second-order valence-electron chi connectivity index (χ2n) is 5.37. The van der Waals surface area contributed by atoms with Crippen LogP contribution in [0.15, 0.2) is 36.4 Å². The lowest BCUT2D eigenvalue weighted by Gasteiger charge is -2.03. The molecular formula is C16H13FN4O2S. The first kappa shape index (κ1) is 15.0. The molecule has 0 atom stereocenters. The monoisotopic (exact) mass is 344 g/mol. The zero-order chi connectivity index (χ0) is 16.8. The highest BCUT2D eigenvalue weighted by Gasteiger charge is 2.13. The molecular weight excluding hydrogens is 331 g/mol. The van der Waals surface area contributed by atoms with E-state index in [9.17, 15) is 14.6 Å². The molecule has 122 valence electrons.